The summed E-state index contributed by atoms with van der Waals surface area (Å²) in [4.78, 5) is 3.02. The van der Waals surface area contributed by atoms with Gasteiger partial charge in [0.25, 0.3) is 0 Å². The number of nitrogen functional groups attached to an aromatic ring is 1. The molecule has 98 valence electrons. The Hall–Kier alpha value is -2.50. The standard InChI is InChI=1S/C13H16N6/c14-12-11-4-1-2-8-19(11)17-13(12)16-5-3-7-18-9-6-15-10-18/h1-2,4,6,8-10H,3,5,7,14H2,(H,16,17)/p+1. The molecule has 0 aliphatic rings. The predicted molar refractivity (Wildman–Crippen MR) is 73.7 cm³/mol. The fourth-order valence-electron chi connectivity index (χ4n) is 2.08. The lowest BCUT2D eigenvalue weighted by Gasteiger charge is -2.02. The summed E-state index contributed by atoms with van der Waals surface area (Å²) in [7, 11) is 0. The Kier molecular flexibility index (Phi) is 3.06. The molecular formula is C13H17N6+. The molecule has 3 rings (SSSR count). The van der Waals surface area contributed by atoms with Crippen LogP contribution in [0.25, 0.3) is 5.52 Å². The van der Waals surface area contributed by atoms with E-state index in [1.165, 1.54) is 0 Å². The van der Waals surface area contributed by atoms with Gasteiger partial charge in [0, 0.05) is 19.2 Å². The Balaban J connectivity index is 1.61. The Morgan fingerprint density at radius 2 is 2.37 bits per heavy atom. The number of nitrogens with one attached hydrogen (secondary N) is 2. The number of pyridine rings is 1. The third-order valence-electron chi connectivity index (χ3n) is 3.07. The van der Waals surface area contributed by atoms with Crippen molar-refractivity contribution in [3.63, 3.8) is 0 Å². The van der Waals surface area contributed by atoms with Crippen molar-refractivity contribution in [3.8, 4) is 0 Å². The van der Waals surface area contributed by atoms with Crippen LogP contribution in [0.5, 0.6) is 0 Å². The highest BCUT2D eigenvalue weighted by atomic mass is 15.3. The number of hydrogen-bond donors (Lipinski definition) is 3. The molecule has 0 aromatic carbocycles. The van der Waals surface area contributed by atoms with E-state index < -0.39 is 0 Å². The van der Waals surface area contributed by atoms with Gasteiger partial charge in [-0.1, -0.05) is 6.07 Å². The first-order valence-corrected chi connectivity index (χ1v) is 6.33. The first-order chi connectivity index (χ1) is 9.34. The summed E-state index contributed by atoms with van der Waals surface area (Å²) in [6, 6.07) is 5.86. The highest BCUT2D eigenvalue weighted by Gasteiger charge is 2.08. The monoisotopic (exact) mass is 257 g/mol. The molecule has 0 fully saturated rings. The molecule has 0 unspecified atom stereocenters. The molecule has 0 aliphatic heterocycles. The summed E-state index contributed by atoms with van der Waals surface area (Å²) >= 11 is 0. The molecule has 19 heavy (non-hydrogen) atoms. The van der Waals surface area contributed by atoms with E-state index in [1.807, 2.05) is 43.1 Å². The number of rotatable bonds is 5. The molecule has 0 radical (unpaired) electrons. The highest BCUT2D eigenvalue weighted by molar-refractivity contribution is 5.80. The summed E-state index contributed by atoms with van der Waals surface area (Å²) in [5.74, 6) is 0.755. The molecule has 0 amide bonds. The Morgan fingerprint density at radius 3 is 3.16 bits per heavy atom. The Morgan fingerprint density at radius 1 is 1.42 bits per heavy atom. The molecule has 3 heterocycles. The summed E-state index contributed by atoms with van der Waals surface area (Å²) in [6.07, 6.45) is 8.77. The second-order valence-electron chi connectivity index (χ2n) is 4.42. The van der Waals surface area contributed by atoms with Gasteiger partial charge in [-0.25, -0.2) is 9.08 Å². The van der Waals surface area contributed by atoms with Gasteiger partial charge in [0.1, 0.15) is 18.1 Å². The summed E-state index contributed by atoms with van der Waals surface area (Å²) in [6.45, 7) is 1.80. The molecule has 6 heteroatoms. The van der Waals surface area contributed by atoms with Gasteiger partial charge in [-0.2, -0.15) is 0 Å². The second kappa shape index (κ2) is 5.01. The van der Waals surface area contributed by atoms with Crippen molar-refractivity contribution in [2.45, 2.75) is 13.0 Å². The number of anilines is 2. The largest absolute Gasteiger partial charge is 0.394 e. The number of fused-ring (bicyclic) bond motifs is 1. The van der Waals surface area contributed by atoms with E-state index in [4.69, 9.17) is 5.73 Å². The van der Waals surface area contributed by atoms with Crippen LogP contribution in [0.4, 0.5) is 11.5 Å². The molecule has 0 aliphatic carbocycles. The fourth-order valence-corrected chi connectivity index (χ4v) is 2.08. The number of hydrogen-bond acceptors (Lipinski definition) is 3. The quantitative estimate of drug-likeness (QED) is 0.472. The van der Waals surface area contributed by atoms with E-state index in [2.05, 4.69) is 20.0 Å². The van der Waals surface area contributed by atoms with Crippen LogP contribution in [0.1, 0.15) is 6.42 Å². The fraction of sp³-hybridized carbons (Fsp3) is 0.231. The van der Waals surface area contributed by atoms with Gasteiger partial charge in [-0.3, -0.25) is 4.98 Å². The maximum absolute atomic E-state index is 6.06. The summed E-state index contributed by atoms with van der Waals surface area (Å²) < 4.78 is 3.90. The van der Waals surface area contributed by atoms with Crippen LogP contribution in [0.2, 0.25) is 0 Å². The smallest absolute Gasteiger partial charge is 0.241 e. The molecule has 0 saturated heterocycles. The lowest BCUT2D eigenvalue weighted by molar-refractivity contribution is -0.695. The van der Waals surface area contributed by atoms with Crippen LogP contribution in [-0.2, 0) is 6.54 Å². The van der Waals surface area contributed by atoms with Crippen molar-refractivity contribution in [2.75, 3.05) is 17.6 Å². The number of imidazole rings is 1. The van der Waals surface area contributed by atoms with Crippen LogP contribution in [0.15, 0.2) is 43.1 Å². The number of aromatic amines is 1. The highest BCUT2D eigenvalue weighted by Crippen LogP contribution is 2.22. The zero-order valence-electron chi connectivity index (χ0n) is 10.6. The zero-order chi connectivity index (χ0) is 13.1. The lowest BCUT2D eigenvalue weighted by Crippen LogP contribution is -2.31. The van der Waals surface area contributed by atoms with Crippen LogP contribution in [0.3, 0.4) is 0 Å². The van der Waals surface area contributed by atoms with Gasteiger partial charge in [-0.15, -0.1) is 5.10 Å². The van der Waals surface area contributed by atoms with Gasteiger partial charge >= 0.3 is 0 Å². The number of aryl methyl sites for hydroxylation is 1. The molecular weight excluding hydrogens is 240 g/mol. The molecule has 4 N–H and O–H groups in total. The van der Waals surface area contributed by atoms with E-state index in [-0.39, 0.29) is 0 Å². The molecule has 0 spiro atoms. The minimum Gasteiger partial charge on any atom is -0.394 e. The first kappa shape index (κ1) is 11.6. The summed E-state index contributed by atoms with van der Waals surface area (Å²) in [5.41, 5.74) is 7.70. The van der Waals surface area contributed by atoms with Crippen LogP contribution < -0.4 is 15.6 Å². The van der Waals surface area contributed by atoms with Crippen LogP contribution in [0, 0.1) is 0 Å². The number of nitrogens with two attached hydrogens (primary N) is 1. The molecule has 0 saturated carbocycles. The van der Waals surface area contributed by atoms with Gasteiger partial charge in [0.15, 0.2) is 5.82 Å². The van der Waals surface area contributed by atoms with Crippen molar-refractivity contribution in [3.05, 3.63) is 43.1 Å². The normalized spacial score (nSPS) is 10.9. The van der Waals surface area contributed by atoms with E-state index in [0.29, 0.717) is 5.69 Å². The molecule has 3 aromatic rings. The summed E-state index contributed by atoms with van der Waals surface area (Å²) in [5, 5.41) is 7.70. The maximum Gasteiger partial charge on any atom is 0.241 e. The van der Waals surface area contributed by atoms with E-state index in [9.17, 15) is 0 Å². The topological polar surface area (TPSA) is 75.0 Å². The minimum atomic E-state index is 0.704. The Labute approximate surface area is 110 Å². The first-order valence-electron chi connectivity index (χ1n) is 6.33. The molecule has 0 atom stereocenters. The average molecular weight is 257 g/mol. The van der Waals surface area contributed by atoms with Gasteiger partial charge in [0.05, 0.1) is 12.1 Å². The van der Waals surface area contributed by atoms with E-state index >= 15 is 0 Å². The third kappa shape index (κ3) is 2.37. The van der Waals surface area contributed by atoms with Crippen molar-refractivity contribution in [1.29, 1.82) is 0 Å². The lowest BCUT2D eigenvalue weighted by atomic mass is 10.3. The molecule has 3 aromatic heterocycles. The predicted octanol–water partition coefficient (Wildman–Crippen LogP) is 1.03. The van der Waals surface area contributed by atoms with Crippen LogP contribution in [-0.4, -0.2) is 21.1 Å². The zero-order valence-corrected chi connectivity index (χ0v) is 10.6. The van der Waals surface area contributed by atoms with E-state index in [1.54, 1.807) is 4.52 Å². The maximum atomic E-state index is 6.06. The van der Waals surface area contributed by atoms with Crippen LogP contribution >= 0.6 is 0 Å². The number of H-pyrrole nitrogens is 1. The Bertz CT molecular complexity index is 655. The minimum absolute atomic E-state index is 0.704. The second-order valence-corrected chi connectivity index (χ2v) is 4.42. The third-order valence-corrected chi connectivity index (χ3v) is 3.07. The molecule has 0 bridgehead atoms. The number of nitrogens with zero attached hydrogens (tertiary/aromatic N) is 3. The van der Waals surface area contributed by atoms with Gasteiger partial charge in [-0.05, 0) is 12.1 Å². The average Bonchev–Trinajstić information content (AvgIpc) is 3.04. The van der Waals surface area contributed by atoms with E-state index in [0.717, 1.165) is 30.8 Å². The van der Waals surface area contributed by atoms with Crippen molar-refractivity contribution in [1.82, 2.24) is 14.6 Å². The van der Waals surface area contributed by atoms with Crippen molar-refractivity contribution in [2.24, 2.45) is 0 Å². The SMILES string of the molecule is Nc1c(NCCC[n+]2cc[nH]c2)nn2ccccc12. The number of aromatic nitrogens is 4. The van der Waals surface area contributed by atoms with Gasteiger partial charge < -0.3 is 11.1 Å². The molecule has 6 nitrogen and oxygen atoms in total. The van der Waals surface area contributed by atoms with Gasteiger partial charge in [0.2, 0.25) is 6.33 Å². The van der Waals surface area contributed by atoms with Crippen molar-refractivity contribution < 1.29 is 4.57 Å². The van der Waals surface area contributed by atoms with Crippen molar-refractivity contribution >= 4 is 17.0 Å².